The molecule has 1 saturated carbocycles. The fraction of sp³-hybridized carbons (Fsp3) is 1.00. The SMILES string of the molecule is CO[Si](CC(C)C)(OC)C1NCCC2CCCCC21. The van der Waals surface area contributed by atoms with Gasteiger partial charge in [0.1, 0.15) is 0 Å². The van der Waals surface area contributed by atoms with Gasteiger partial charge in [-0.15, -0.1) is 0 Å². The van der Waals surface area contributed by atoms with Crippen LogP contribution in [-0.2, 0) is 8.85 Å². The molecule has 2 fully saturated rings. The van der Waals surface area contributed by atoms with Crippen molar-refractivity contribution in [1.82, 2.24) is 5.32 Å². The largest absolute Gasteiger partial charge is 0.397 e. The van der Waals surface area contributed by atoms with Crippen molar-refractivity contribution in [2.24, 2.45) is 17.8 Å². The fourth-order valence-electron chi connectivity index (χ4n) is 4.29. The standard InChI is InChI=1S/C15H31NO2Si/c1-12(2)11-19(17-3,18-4)15-14-8-6-5-7-13(14)9-10-16-15/h12-16H,5-11H2,1-4H3. The summed E-state index contributed by atoms with van der Waals surface area (Å²) in [4.78, 5) is 0. The smallest absolute Gasteiger partial charge is 0.355 e. The van der Waals surface area contributed by atoms with Crippen LogP contribution in [0.5, 0.6) is 0 Å². The van der Waals surface area contributed by atoms with Gasteiger partial charge < -0.3 is 14.2 Å². The first kappa shape index (κ1) is 15.5. The second-order valence-corrected chi connectivity index (χ2v) is 10.2. The van der Waals surface area contributed by atoms with E-state index in [1.807, 2.05) is 14.2 Å². The molecule has 1 aliphatic heterocycles. The first-order chi connectivity index (χ1) is 9.13. The van der Waals surface area contributed by atoms with Gasteiger partial charge in [-0.25, -0.2) is 0 Å². The average molecular weight is 286 g/mol. The van der Waals surface area contributed by atoms with E-state index >= 15 is 0 Å². The summed E-state index contributed by atoms with van der Waals surface area (Å²) in [6.07, 6.45) is 6.94. The van der Waals surface area contributed by atoms with Crippen LogP contribution in [0.4, 0.5) is 0 Å². The van der Waals surface area contributed by atoms with Crippen molar-refractivity contribution >= 4 is 8.56 Å². The Balaban J connectivity index is 2.18. The van der Waals surface area contributed by atoms with Gasteiger partial charge in [0.15, 0.2) is 0 Å². The fourth-order valence-corrected chi connectivity index (χ4v) is 8.24. The summed E-state index contributed by atoms with van der Waals surface area (Å²) in [6, 6.07) is 1.10. The van der Waals surface area contributed by atoms with Crippen LogP contribution < -0.4 is 5.32 Å². The maximum Gasteiger partial charge on any atom is 0.355 e. The van der Waals surface area contributed by atoms with Gasteiger partial charge in [-0.3, -0.25) is 0 Å². The second-order valence-electron chi connectivity index (χ2n) is 6.75. The normalized spacial score (nSPS) is 32.4. The zero-order valence-corrected chi connectivity index (χ0v) is 14.1. The van der Waals surface area contributed by atoms with E-state index < -0.39 is 8.56 Å². The number of piperidine rings is 1. The molecule has 0 aromatic rings. The van der Waals surface area contributed by atoms with Gasteiger partial charge in [0, 0.05) is 14.2 Å². The monoisotopic (exact) mass is 285 g/mol. The molecule has 1 N–H and O–H groups in total. The molecular weight excluding hydrogens is 254 g/mol. The maximum absolute atomic E-state index is 6.04. The molecule has 0 radical (unpaired) electrons. The summed E-state index contributed by atoms with van der Waals surface area (Å²) in [5, 5.41) is 3.78. The topological polar surface area (TPSA) is 30.5 Å². The lowest BCUT2D eigenvalue weighted by molar-refractivity contribution is 0.121. The minimum absolute atomic E-state index is 0.490. The van der Waals surface area contributed by atoms with Gasteiger partial charge >= 0.3 is 8.56 Å². The van der Waals surface area contributed by atoms with E-state index in [2.05, 4.69) is 19.2 Å². The van der Waals surface area contributed by atoms with Crippen LogP contribution in [0.1, 0.15) is 46.0 Å². The highest BCUT2D eigenvalue weighted by atomic mass is 28.4. The summed E-state index contributed by atoms with van der Waals surface area (Å²) in [5.74, 6) is 2.33. The highest BCUT2D eigenvalue weighted by molar-refractivity contribution is 6.69. The summed E-state index contributed by atoms with van der Waals surface area (Å²) in [5.41, 5.74) is 0.490. The molecule has 112 valence electrons. The van der Waals surface area contributed by atoms with Gasteiger partial charge in [-0.05, 0) is 43.2 Å². The Kier molecular flexibility index (Phi) is 5.46. The zero-order valence-electron chi connectivity index (χ0n) is 13.1. The van der Waals surface area contributed by atoms with Gasteiger partial charge in [-0.1, -0.05) is 33.1 Å². The van der Waals surface area contributed by atoms with E-state index in [4.69, 9.17) is 8.85 Å². The third-order valence-electron chi connectivity index (χ3n) is 5.13. The quantitative estimate of drug-likeness (QED) is 0.788. The molecule has 1 heterocycles. The molecule has 0 spiro atoms. The molecule has 2 aliphatic rings. The molecule has 0 amide bonds. The summed E-state index contributed by atoms with van der Waals surface area (Å²) in [6.45, 7) is 5.70. The number of fused-ring (bicyclic) bond motifs is 1. The van der Waals surface area contributed by atoms with Gasteiger partial charge in [0.05, 0.1) is 5.67 Å². The second kappa shape index (κ2) is 6.70. The van der Waals surface area contributed by atoms with Crippen molar-refractivity contribution < 1.29 is 8.85 Å². The first-order valence-electron chi connectivity index (χ1n) is 7.96. The molecular formula is C15H31NO2Si. The van der Waals surface area contributed by atoms with Crippen LogP contribution in [0, 0.1) is 17.8 Å². The molecule has 0 aromatic carbocycles. The third-order valence-corrected chi connectivity index (χ3v) is 9.48. The average Bonchev–Trinajstić information content (AvgIpc) is 2.44. The zero-order chi connectivity index (χ0) is 13.9. The Bertz CT molecular complexity index is 279. The number of hydrogen-bond acceptors (Lipinski definition) is 3. The summed E-state index contributed by atoms with van der Waals surface area (Å²) in [7, 11) is 1.61. The highest BCUT2D eigenvalue weighted by Gasteiger charge is 2.51. The number of rotatable bonds is 5. The molecule has 4 heteroatoms. The van der Waals surface area contributed by atoms with Crippen LogP contribution in [0.3, 0.4) is 0 Å². The maximum atomic E-state index is 6.04. The predicted molar refractivity (Wildman–Crippen MR) is 81.3 cm³/mol. The molecule has 1 saturated heterocycles. The lowest BCUT2D eigenvalue weighted by Gasteiger charge is -2.48. The van der Waals surface area contributed by atoms with Crippen LogP contribution in [0.2, 0.25) is 6.04 Å². The third kappa shape index (κ3) is 3.23. The lowest BCUT2D eigenvalue weighted by atomic mass is 9.75. The first-order valence-corrected chi connectivity index (χ1v) is 10.1. The molecule has 0 bridgehead atoms. The molecule has 1 aliphatic carbocycles. The minimum Gasteiger partial charge on any atom is -0.397 e. The molecule has 19 heavy (non-hydrogen) atoms. The Hall–Kier alpha value is 0.0969. The molecule has 2 rings (SSSR count). The lowest BCUT2D eigenvalue weighted by Crippen LogP contribution is -2.65. The summed E-state index contributed by atoms with van der Waals surface area (Å²) < 4.78 is 12.1. The number of nitrogens with one attached hydrogen (secondary N) is 1. The molecule has 3 atom stereocenters. The van der Waals surface area contributed by atoms with E-state index in [-0.39, 0.29) is 0 Å². The van der Waals surface area contributed by atoms with Crippen molar-refractivity contribution in [1.29, 1.82) is 0 Å². The summed E-state index contributed by atoms with van der Waals surface area (Å²) >= 11 is 0. The molecule has 0 aromatic heterocycles. The van der Waals surface area contributed by atoms with E-state index in [1.54, 1.807) is 0 Å². The van der Waals surface area contributed by atoms with Crippen molar-refractivity contribution in [2.75, 3.05) is 20.8 Å². The van der Waals surface area contributed by atoms with E-state index in [0.29, 0.717) is 11.6 Å². The van der Waals surface area contributed by atoms with Gasteiger partial charge in [-0.2, -0.15) is 0 Å². The highest BCUT2D eigenvalue weighted by Crippen LogP contribution is 2.41. The van der Waals surface area contributed by atoms with Gasteiger partial charge in [0.25, 0.3) is 0 Å². The number of hydrogen-bond donors (Lipinski definition) is 1. The Labute approximate surface area is 119 Å². The Morgan fingerprint density at radius 1 is 1.11 bits per heavy atom. The Morgan fingerprint density at radius 2 is 1.79 bits per heavy atom. The van der Waals surface area contributed by atoms with Crippen LogP contribution in [0.25, 0.3) is 0 Å². The van der Waals surface area contributed by atoms with Crippen molar-refractivity contribution in [3.8, 4) is 0 Å². The van der Waals surface area contributed by atoms with Gasteiger partial charge in [0.2, 0.25) is 0 Å². The van der Waals surface area contributed by atoms with Crippen molar-refractivity contribution in [3.63, 3.8) is 0 Å². The van der Waals surface area contributed by atoms with Crippen molar-refractivity contribution in [2.45, 2.75) is 57.7 Å². The predicted octanol–water partition coefficient (Wildman–Crippen LogP) is 3.08. The Morgan fingerprint density at radius 3 is 2.42 bits per heavy atom. The van der Waals surface area contributed by atoms with E-state index in [0.717, 1.165) is 24.4 Å². The van der Waals surface area contributed by atoms with Crippen LogP contribution in [0.15, 0.2) is 0 Å². The molecule has 3 unspecified atom stereocenters. The van der Waals surface area contributed by atoms with Crippen LogP contribution in [-0.4, -0.2) is 35.0 Å². The minimum atomic E-state index is -2.13. The van der Waals surface area contributed by atoms with Crippen LogP contribution >= 0.6 is 0 Å². The van der Waals surface area contributed by atoms with Crippen molar-refractivity contribution in [3.05, 3.63) is 0 Å². The molecule has 3 nitrogen and oxygen atoms in total. The van der Waals surface area contributed by atoms with E-state index in [9.17, 15) is 0 Å². The van der Waals surface area contributed by atoms with E-state index in [1.165, 1.54) is 32.1 Å².